The predicted octanol–water partition coefficient (Wildman–Crippen LogP) is 2.00. The van der Waals surface area contributed by atoms with Gasteiger partial charge in [-0.3, -0.25) is 4.79 Å². The summed E-state index contributed by atoms with van der Waals surface area (Å²) < 4.78 is 0. The lowest BCUT2D eigenvalue weighted by molar-refractivity contribution is 0.0942. The van der Waals surface area contributed by atoms with Crippen LogP contribution in [0.1, 0.15) is 42.1 Å². The van der Waals surface area contributed by atoms with Gasteiger partial charge in [0.05, 0.1) is 0 Å². The highest BCUT2D eigenvalue weighted by Crippen LogP contribution is 2.10. The first kappa shape index (κ1) is 16.0. The lowest BCUT2D eigenvalue weighted by Gasteiger charge is -2.29. The second kappa shape index (κ2) is 8.15. The first-order valence-electron chi connectivity index (χ1n) is 7.98. The zero-order chi connectivity index (χ0) is 15.1. The van der Waals surface area contributed by atoms with Gasteiger partial charge in [0.1, 0.15) is 0 Å². The van der Waals surface area contributed by atoms with E-state index in [1.807, 2.05) is 24.3 Å². The highest BCUT2D eigenvalue weighted by atomic mass is 16.1. The fraction of sp³-hybridized carbons (Fsp3) is 0.588. The first-order valence-corrected chi connectivity index (χ1v) is 7.98. The van der Waals surface area contributed by atoms with Crippen molar-refractivity contribution in [1.82, 2.24) is 10.2 Å². The molecule has 0 radical (unpaired) electrons. The minimum atomic E-state index is 0.00376. The van der Waals surface area contributed by atoms with Gasteiger partial charge in [0.25, 0.3) is 5.91 Å². The number of rotatable bonds is 6. The van der Waals surface area contributed by atoms with Crippen LogP contribution in [0.4, 0.5) is 0 Å². The first-order chi connectivity index (χ1) is 10.2. The molecule has 1 aliphatic rings. The van der Waals surface area contributed by atoms with Gasteiger partial charge in [-0.1, -0.05) is 25.5 Å². The van der Waals surface area contributed by atoms with Crippen molar-refractivity contribution in [2.45, 2.75) is 32.7 Å². The van der Waals surface area contributed by atoms with E-state index in [0.29, 0.717) is 18.0 Å². The summed E-state index contributed by atoms with van der Waals surface area (Å²) >= 11 is 0. The molecule has 0 aliphatic carbocycles. The van der Waals surface area contributed by atoms with E-state index >= 15 is 0 Å². The number of nitrogens with two attached hydrogens (primary N) is 1. The Morgan fingerprint density at radius 1 is 1.24 bits per heavy atom. The summed E-state index contributed by atoms with van der Waals surface area (Å²) in [7, 11) is 0. The number of carbonyl (C=O) groups is 1. The highest BCUT2D eigenvalue weighted by molar-refractivity contribution is 5.94. The molecule has 1 fully saturated rings. The topological polar surface area (TPSA) is 58.4 Å². The van der Waals surface area contributed by atoms with E-state index in [2.05, 4.69) is 17.1 Å². The van der Waals surface area contributed by atoms with E-state index in [4.69, 9.17) is 5.73 Å². The summed E-state index contributed by atoms with van der Waals surface area (Å²) in [6, 6.07) is 7.50. The molecule has 2 rings (SSSR count). The van der Waals surface area contributed by atoms with Crippen molar-refractivity contribution in [3.8, 4) is 0 Å². The van der Waals surface area contributed by atoms with Crippen molar-refractivity contribution in [3.05, 3.63) is 35.4 Å². The van der Waals surface area contributed by atoms with Crippen LogP contribution in [-0.2, 0) is 6.54 Å². The van der Waals surface area contributed by atoms with E-state index in [0.717, 1.165) is 18.7 Å². The number of piperidine rings is 1. The monoisotopic (exact) mass is 289 g/mol. The van der Waals surface area contributed by atoms with Gasteiger partial charge in [0.2, 0.25) is 0 Å². The molecule has 1 atom stereocenters. The Hall–Kier alpha value is -1.39. The molecule has 1 amide bonds. The molecule has 0 bridgehead atoms. The third-order valence-electron chi connectivity index (χ3n) is 4.08. The second-order valence-corrected chi connectivity index (χ2v) is 6.08. The van der Waals surface area contributed by atoms with E-state index in [9.17, 15) is 4.79 Å². The Labute approximate surface area is 127 Å². The Morgan fingerprint density at radius 2 is 1.90 bits per heavy atom. The van der Waals surface area contributed by atoms with Crippen molar-refractivity contribution in [2.75, 3.05) is 26.2 Å². The summed E-state index contributed by atoms with van der Waals surface area (Å²) in [5, 5.41) is 3.03. The van der Waals surface area contributed by atoms with Crippen LogP contribution in [-0.4, -0.2) is 37.0 Å². The largest absolute Gasteiger partial charge is 0.352 e. The summed E-state index contributed by atoms with van der Waals surface area (Å²) in [5.41, 5.74) is 7.31. The highest BCUT2D eigenvalue weighted by Gasteiger charge is 2.14. The fourth-order valence-corrected chi connectivity index (χ4v) is 2.81. The molecular formula is C17H27N3O. The Balaban J connectivity index is 1.74. The maximum atomic E-state index is 12.1. The number of nitrogens with one attached hydrogen (secondary N) is 1. The normalized spacial score (nSPS) is 17.4. The summed E-state index contributed by atoms with van der Waals surface area (Å²) in [4.78, 5) is 14.6. The average Bonchev–Trinajstić information content (AvgIpc) is 2.53. The smallest absolute Gasteiger partial charge is 0.251 e. The molecule has 1 aliphatic heterocycles. The number of amides is 1. The van der Waals surface area contributed by atoms with Gasteiger partial charge >= 0.3 is 0 Å². The van der Waals surface area contributed by atoms with Gasteiger partial charge in [-0.15, -0.1) is 0 Å². The molecule has 3 N–H and O–H groups in total. The molecule has 116 valence electrons. The molecule has 4 nitrogen and oxygen atoms in total. The Morgan fingerprint density at radius 3 is 2.52 bits per heavy atom. The SMILES string of the molecule is CC(CNC(=O)c1ccc(CN)cc1)CN1CCCCC1. The molecule has 1 aromatic rings. The zero-order valence-electron chi connectivity index (χ0n) is 13.0. The number of nitrogens with zero attached hydrogens (tertiary/aromatic N) is 1. The lowest BCUT2D eigenvalue weighted by atomic mass is 10.1. The van der Waals surface area contributed by atoms with E-state index in [1.165, 1.54) is 32.4 Å². The van der Waals surface area contributed by atoms with Crippen LogP contribution in [0.25, 0.3) is 0 Å². The van der Waals surface area contributed by atoms with Crippen LogP contribution in [0.2, 0.25) is 0 Å². The van der Waals surface area contributed by atoms with Crippen molar-refractivity contribution < 1.29 is 4.79 Å². The molecule has 4 heteroatoms. The van der Waals surface area contributed by atoms with Gasteiger partial charge < -0.3 is 16.0 Å². The maximum absolute atomic E-state index is 12.1. The summed E-state index contributed by atoms with van der Waals surface area (Å²) in [5.74, 6) is 0.486. The number of carbonyl (C=O) groups excluding carboxylic acids is 1. The molecule has 0 saturated carbocycles. The van der Waals surface area contributed by atoms with Crippen molar-refractivity contribution in [1.29, 1.82) is 0 Å². The summed E-state index contributed by atoms with van der Waals surface area (Å²) in [6.07, 6.45) is 3.99. The van der Waals surface area contributed by atoms with Crippen molar-refractivity contribution in [3.63, 3.8) is 0 Å². The van der Waals surface area contributed by atoms with Crippen LogP contribution in [0.5, 0.6) is 0 Å². The van der Waals surface area contributed by atoms with Gasteiger partial charge in [-0.25, -0.2) is 0 Å². The molecule has 1 unspecified atom stereocenters. The average molecular weight is 289 g/mol. The standard InChI is InChI=1S/C17H27N3O/c1-14(13-20-9-3-2-4-10-20)12-19-17(21)16-7-5-15(11-18)6-8-16/h5-8,14H,2-4,9-13,18H2,1H3,(H,19,21). The maximum Gasteiger partial charge on any atom is 0.251 e. The minimum absolute atomic E-state index is 0.00376. The predicted molar refractivity (Wildman–Crippen MR) is 86.1 cm³/mol. The quantitative estimate of drug-likeness (QED) is 0.842. The van der Waals surface area contributed by atoms with Crippen LogP contribution in [0, 0.1) is 5.92 Å². The number of likely N-dealkylation sites (tertiary alicyclic amines) is 1. The third-order valence-corrected chi connectivity index (χ3v) is 4.08. The number of hydrogen-bond acceptors (Lipinski definition) is 3. The lowest BCUT2D eigenvalue weighted by Crippen LogP contribution is -2.38. The van der Waals surface area contributed by atoms with Crippen LogP contribution in [0.15, 0.2) is 24.3 Å². The van der Waals surface area contributed by atoms with Crippen LogP contribution < -0.4 is 11.1 Å². The Bertz CT molecular complexity index is 438. The molecule has 1 aromatic carbocycles. The minimum Gasteiger partial charge on any atom is -0.352 e. The van der Waals surface area contributed by atoms with Crippen LogP contribution >= 0.6 is 0 Å². The molecule has 1 saturated heterocycles. The van der Waals surface area contributed by atoms with Gasteiger partial charge in [-0.05, 0) is 49.5 Å². The second-order valence-electron chi connectivity index (χ2n) is 6.08. The number of benzene rings is 1. The molecule has 0 spiro atoms. The van der Waals surface area contributed by atoms with E-state index < -0.39 is 0 Å². The third kappa shape index (κ3) is 5.14. The molecule has 21 heavy (non-hydrogen) atoms. The van der Waals surface area contributed by atoms with Crippen LogP contribution in [0.3, 0.4) is 0 Å². The zero-order valence-corrected chi connectivity index (χ0v) is 13.0. The Kier molecular flexibility index (Phi) is 6.21. The van der Waals surface area contributed by atoms with Gasteiger partial charge in [0.15, 0.2) is 0 Å². The van der Waals surface area contributed by atoms with Crippen molar-refractivity contribution >= 4 is 5.91 Å². The van der Waals surface area contributed by atoms with E-state index in [1.54, 1.807) is 0 Å². The summed E-state index contributed by atoms with van der Waals surface area (Å²) in [6.45, 7) is 6.93. The fourth-order valence-electron chi connectivity index (χ4n) is 2.81. The molecule has 1 heterocycles. The number of hydrogen-bond donors (Lipinski definition) is 2. The van der Waals surface area contributed by atoms with E-state index in [-0.39, 0.29) is 5.91 Å². The molecular weight excluding hydrogens is 262 g/mol. The van der Waals surface area contributed by atoms with Crippen molar-refractivity contribution in [2.24, 2.45) is 11.7 Å². The van der Waals surface area contributed by atoms with Gasteiger partial charge in [0, 0.05) is 25.2 Å². The van der Waals surface area contributed by atoms with Gasteiger partial charge in [-0.2, -0.15) is 0 Å². The molecule has 0 aromatic heterocycles.